The summed E-state index contributed by atoms with van der Waals surface area (Å²) in [6, 6.07) is 8.37. The predicted octanol–water partition coefficient (Wildman–Crippen LogP) is 3.07. The molecule has 82 valence electrons. The summed E-state index contributed by atoms with van der Waals surface area (Å²) in [5.41, 5.74) is 2.24. The van der Waals surface area contributed by atoms with Crippen LogP contribution in [0.5, 0.6) is 0 Å². The van der Waals surface area contributed by atoms with E-state index in [-0.39, 0.29) is 0 Å². The minimum atomic E-state index is 0.452. The highest BCUT2D eigenvalue weighted by Gasteiger charge is 2.11. The van der Waals surface area contributed by atoms with Gasteiger partial charge in [0, 0.05) is 23.8 Å². The van der Waals surface area contributed by atoms with Gasteiger partial charge < -0.3 is 4.57 Å². The van der Waals surface area contributed by atoms with Crippen LogP contribution >= 0.6 is 0 Å². The third-order valence-electron chi connectivity index (χ3n) is 2.73. The van der Waals surface area contributed by atoms with Gasteiger partial charge in [-0.15, -0.1) is 0 Å². The first-order chi connectivity index (χ1) is 7.74. The Kier molecular flexibility index (Phi) is 2.91. The van der Waals surface area contributed by atoms with Crippen LogP contribution in [0.25, 0.3) is 11.0 Å². The van der Waals surface area contributed by atoms with Crippen molar-refractivity contribution < 1.29 is 0 Å². The molecule has 2 rings (SSSR count). The largest absolute Gasteiger partial charge is 0.328 e. The second kappa shape index (κ2) is 4.36. The monoisotopic (exact) mass is 213 g/mol. The summed E-state index contributed by atoms with van der Waals surface area (Å²) in [6.45, 7) is 5.05. The maximum Gasteiger partial charge on any atom is 0.140 e. The first-order valence-electron chi connectivity index (χ1n) is 5.55. The minimum Gasteiger partial charge on any atom is -0.328 e. The molecule has 0 saturated heterocycles. The number of rotatable bonds is 3. The minimum absolute atomic E-state index is 0.452. The van der Waals surface area contributed by atoms with E-state index in [1.165, 1.54) is 5.69 Å². The molecule has 0 saturated carbocycles. The van der Waals surface area contributed by atoms with Crippen LogP contribution in [0.15, 0.2) is 24.4 Å². The molecule has 0 fully saturated rings. The Bertz CT molecular complexity index is 532. The van der Waals surface area contributed by atoms with Gasteiger partial charge in [0.1, 0.15) is 5.65 Å². The molecular weight excluding hydrogens is 198 g/mol. The van der Waals surface area contributed by atoms with Crippen molar-refractivity contribution >= 4 is 11.0 Å². The van der Waals surface area contributed by atoms with Crippen molar-refractivity contribution in [2.24, 2.45) is 0 Å². The highest BCUT2D eigenvalue weighted by atomic mass is 15.0. The summed E-state index contributed by atoms with van der Waals surface area (Å²) < 4.78 is 2.16. The molecule has 16 heavy (non-hydrogen) atoms. The van der Waals surface area contributed by atoms with Crippen LogP contribution in [-0.4, -0.2) is 9.55 Å². The Hall–Kier alpha value is -1.82. The van der Waals surface area contributed by atoms with E-state index in [0.717, 1.165) is 17.6 Å². The lowest BCUT2D eigenvalue weighted by Gasteiger charge is -2.10. The van der Waals surface area contributed by atoms with Crippen LogP contribution in [0.3, 0.4) is 0 Å². The maximum absolute atomic E-state index is 8.68. The number of nitrogens with zero attached hydrogens (tertiary/aromatic N) is 3. The molecule has 0 unspecified atom stereocenters. The molecule has 0 aliphatic rings. The average Bonchev–Trinajstić information content (AvgIpc) is 2.65. The van der Waals surface area contributed by atoms with E-state index < -0.39 is 0 Å². The van der Waals surface area contributed by atoms with Gasteiger partial charge >= 0.3 is 0 Å². The average molecular weight is 213 g/mol. The molecule has 0 aliphatic carbocycles. The molecule has 0 bridgehead atoms. The molecule has 0 spiro atoms. The lowest BCUT2D eigenvalue weighted by Crippen LogP contribution is -2.04. The summed E-state index contributed by atoms with van der Waals surface area (Å²) in [6.07, 6.45) is 2.33. The topological polar surface area (TPSA) is 41.6 Å². The molecule has 2 aromatic heterocycles. The van der Waals surface area contributed by atoms with Crippen molar-refractivity contribution in [3.05, 3.63) is 30.1 Å². The molecule has 2 heterocycles. The number of nitriles is 1. The van der Waals surface area contributed by atoms with E-state index in [1.807, 2.05) is 6.07 Å². The third kappa shape index (κ3) is 1.79. The Morgan fingerprint density at radius 3 is 3.00 bits per heavy atom. The fraction of sp³-hybridized carbons (Fsp3) is 0.385. The standard InChI is InChI=1S/C13H15N3/c1-10(2)12-9-11-5-3-7-15-13(11)16(12)8-4-6-14/h3,5,7,9-10H,4,8H2,1-2H3. The molecule has 0 aliphatic heterocycles. The Morgan fingerprint density at radius 1 is 1.50 bits per heavy atom. The molecular formula is C13H15N3. The zero-order valence-electron chi connectivity index (χ0n) is 9.64. The lowest BCUT2D eigenvalue weighted by atomic mass is 10.1. The SMILES string of the molecule is CC(C)c1cc2cccnc2n1CCC#N. The van der Waals surface area contributed by atoms with Crippen molar-refractivity contribution in [3.63, 3.8) is 0 Å². The quantitative estimate of drug-likeness (QED) is 0.786. The van der Waals surface area contributed by atoms with Gasteiger partial charge in [0.15, 0.2) is 0 Å². The van der Waals surface area contributed by atoms with Crippen molar-refractivity contribution in [1.29, 1.82) is 5.26 Å². The van der Waals surface area contributed by atoms with Gasteiger partial charge in [-0.2, -0.15) is 5.26 Å². The molecule has 2 aromatic rings. The highest BCUT2D eigenvalue weighted by molar-refractivity contribution is 5.77. The molecule has 0 amide bonds. The van der Waals surface area contributed by atoms with Crippen LogP contribution in [-0.2, 0) is 6.54 Å². The smallest absolute Gasteiger partial charge is 0.140 e. The van der Waals surface area contributed by atoms with Crippen LogP contribution in [0.1, 0.15) is 31.9 Å². The fourth-order valence-corrected chi connectivity index (χ4v) is 1.98. The number of hydrogen-bond donors (Lipinski definition) is 0. The van der Waals surface area contributed by atoms with Gasteiger partial charge in [-0.05, 0) is 24.1 Å². The van der Waals surface area contributed by atoms with E-state index >= 15 is 0 Å². The molecule has 0 radical (unpaired) electrons. The third-order valence-corrected chi connectivity index (χ3v) is 2.73. The lowest BCUT2D eigenvalue weighted by molar-refractivity contribution is 0.659. The van der Waals surface area contributed by atoms with Gasteiger partial charge in [0.05, 0.1) is 12.5 Å². The number of hydrogen-bond acceptors (Lipinski definition) is 2. The summed E-state index contributed by atoms with van der Waals surface area (Å²) in [7, 11) is 0. The molecule has 3 heteroatoms. The zero-order valence-corrected chi connectivity index (χ0v) is 9.64. The van der Waals surface area contributed by atoms with E-state index in [0.29, 0.717) is 12.3 Å². The predicted molar refractivity (Wildman–Crippen MR) is 64.1 cm³/mol. The first-order valence-corrected chi connectivity index (χ1v) is 5.55. The Labute approximate surface area is 95.3 Å². The van der Waals surface area contributed by atoms with E-state index in [4.69, 9.17) is 5.26 Å². The number of pyridine rings is 1. The van der Waals surface area contributed by atoms with Crippen LogP contribution in [0, 0.1) is 11.3 Å². The van der Waals surface area contributed by atoms with Gasteiger partial charge in [-0.3, -0.25) is 0 Å². The number of aryl methyl sites for hydroxylation is 1. The van der Waals surface area contributed by atoms with Crippen molar-refractivity contribution in [3.8, 4) is 6.07 Å². The highest BCUT2D eigenvalue weighted by Crippen LogP contribution is 2.24. The number of fused-ring (bicyclic) bond motifs is 1. The van der Waals surface area contributed by atoms with Gasteiger partial charge in [-0.1, -0.05) is 13.8 Å². The van der Waals surface area contributed by atoms with Crippen molar-refractivity contribution in [2.75, 3.05) is 0 Å². The van der Waals surface area contributed by atoms with Crippen LogP contribution in [0.4, 0.5) is 0 Å². The van der Waals surface area contributed by atoms with Gasteiger partial charge in [-0.25, -0.2) is 4.98 Å². The molecule has 0 N–H and O–H groups in total. The molecule has 0 atom stereocenters. The molecule has 3 nitrogen and oxygen atoms in total. The van der Waals surface area contributed by atoms with Gasteiger partial charge in [0.2, 0.25) is 0 Å². The van der Waals surface area contributed by atoms with Gasteiger partial charge in [0.25, 0.3) is 0 Å². The first kappa shape index (κ1) is 10.7. The maximum atomic E-state index is 8.68. The van der Waals surface area contributed by atoms with Crippen LogP contribution < -0.4 is 0 Å². The van der Waals surface area contributed by atoms with E-state index in [1.54, 1.807) is 6.20 Å². The second-order valence-electron chi connectivity index (χ2n) is 4.20. The molecule has 0 aromatic carbocycles. The van der Waals surface area contributed by atoms with Crippen LogP contribution in [0.2, 0.25) is 0 Å². The summed E-state index contributed by atoms with van der Waals surface area (Å²) in [4.78, 5) is 4.39. The Balaban J connectivity index is 2.56. The zero-order chi connectivity index (χ0) is 11.5. The van der Waals surface area contributed by atoms with Crippen molar-refractivity contribution in [2.45, 2.75) is 32.7 Å². The van der Waals surface area contributed by atoms with E-state index in [9.17, 15) is 0 Å². The summed E-state index contributed by atoms with van der Waals surface area (Å²) in [5, 5.41) is 9.84. The summed E-state index contributed by atoms with van der Waals surface area (Å²) >= 11 is 0. The summed E-state index contributed by atoms with van der Waals surface area (Å²) in [5.74, 6) is 0.452. The fourth-order valence-electron chi connectivity index (χ4n) is 1.98. The van der Waals surface area contributed by atoms with Crippen molar-refractivity contribution in [1.82, 2.24) is 9.55 Å². The normalized spacial score (nSPS) is 10.9. The Morgan fingerprint density at radius 2 is 2.31 bits per heavy atom. The van der Waals surface area contributed by atoms with E-state index in [2.05, 4.69) is 41.6 Å². The second-order valence-corrected chi connectivity index (χ2v) is 4.20. The number of aromatic nitrogens is 2.